The van der Waals surface area contributed by atoms with Crippen LogP contribution >= 0.6 is 10.7 Å². The van der Waals surface area contributed by atoms with Gasteiger partial charge >= 0.3 is 0 Å². The second-order valence-corrected chi connectivity index (χ2v) is 7.55. The molecular weight excluding hydrogens is 318 g/mol. The molecule has 1 amide bonds. The highest BCUT2D eigenvalue weighted by molar-refractivity contribution is 8.13. The molecule has 2 N–H and O–H groups in total. The molecule has 1 aliphatic heterocycles. The number of aryl methyl sites for hydroxylation is 1. The van der Waals surface area contributed by atoms with Gasteiger partial charge in [-0.05, 0) is 26.2 Å². The molecule has 0 saturated carbocycles. The monoisotopic (exact) mass is 335 g/mol. The summed E-state index contributed by atoms with van der Waals surface area (Å²) in [6.07, 6.45) is 1.81. The smallest absolute Gasteiger partial charge is 0.273 e. The zero-order valence-electron chi connectivity index (χ0n) is 11.8. The Hall–Kier alpha value is -1.12. The highest BCUT2D eigenvalue weighted by Crippen LogP contribution is 2.23. The highest BCUT2D eigenvalue weighted by atomic mass is 35.7. The lowest BCUT2D eigenvalue weighted by atomic mass is 10.0. The number of carbonyl (C=O) groups is 1. The summed E-state index contributed by atoms with van der Waals surface area (Å²) in [6.45, 7) is 4.24. The number of ether oxygens (including phenoxy) is 1. The fourth-order valence-electron chi connectivity index (χ4n) is 2.41. The van der Waals surface area contributed by atoms with E-state index in [9.17, 15) is 13.2 Å². The number of aromatic nitrogens is 2. The van der Waals surface area contributed by atoms with Crippen molar-refractivity contribution in [2.24, 2.45) is 0 Å². The van der Waals surface area contributed by atoms with E-state index in [2.05, 4.69) is 15.5 Å². The van der Waals surface area contributed by atoms with Crippen molar-refractivity contribution in [2.45, 2.75) is 50.2 Å². The first-order valence-electron chi connectivity index (χ1n) is 6.77. The molecule has 2 heterocycles. The number of nitrogens with zero attached hydrogens (tertiary/aromatic N) is 1. The Morgan fingerprint density at radius 1 is 1.57 bits per heavy atom. The van der Waals surface area contributed by atoms with Crippen molar-refractivity contribution in [3.8, 4) is 0 Å². The summed E-state index contributed by atoms with van der Waals surface area (Å²) >= 11 is 0. The van der Waals surface area contributed by atoms with E-state index in [1.807, 2.05) is 6.92 Å². The van der Waals surface area contributed by atoms with Gasteiger partial charge in [0, 0.05) is 23.3 Å². The summed E-state index contributed by atoms with van der Waals surface area (Å²) in [7, 11) is 1.37. The SMILES string of the molecule is CCc1[nH]nc(C(=O)NC2CCOC(C)C2)c1S(=O)(=O)Cl. The second-order valence-electron chi connectivity index (χ2n) is 5.05. The molecule has 7 nitrogen and oxygen atoms in total. The molecule has 1 aromatic rings. The number of carbonyl (C=O) groups excluding carboxylic acids is 1. The zero-order chi connectivity index (χ0) is 15.6. The van der Waals surface area contributed by atoms with Crippen LogP contribution in [0.2, 0.25) is 0 Å². The van der Waals surface area contributed by atoms with Gasteiger partial charge in [0.1, 0.15) is 4.90 Å². The Labute approximate surface area is 127 Å². The molecule has 0 radical (unpaired) electrons. The van der Waals surface area contributed by atoms with Crippen LogP contribution in [0.25, 0.3) is 0 Å². The standard InChI is InChI=1S/C12H18ClN3O4S/c1-3-9-11(21(13,18)19)10(16-15-9)12(17)14-8-4-5-20-7(2)6-8/h7-8H,3-6H2,1-2H3,(H,14,17)(H,15,16). The Balaban J connectivity index is 2.22. The predicted octanol–water partition coefficient (Wildman–Crippen LogP) is 1.20. The van der Waals surface area contributed by atoms with Gasteiger partial charge < -0.3 is 10.1 Å². The van der Waals surface area contributed by atoms with Crippen LogP contribution in [0.5, 0.6) is 0 Å². The molecule has 0 bridgehead atoms. The molecule has 0 spiro atoms. The summed E-state index contributed by atoms with van der Waals surface area (Å²) in [5.41, 5.74) is 0.150. The maximum absolute atomic E-state index is 12.3. The molecule has 1 aromatic heterocycles. The van der Waals surface area contributed by atoms with Crippen molar-refractivity contribution in [1.29, 1.82) is 0 Å². The number of aromatic amines is 1. The molecule has 2 atom stereocenters. The summed E-state index contributed by atoms with van der Waals surface area (Å²) in [6, 6.07) is -0.0612. The number of hydrogen-bond donors (Lipinski definition) is 2. The number of amides is 1. The Morgan fingerprint density at radius 3 is 2.86 bits per heavy atom. The van der Waals surface area contributed by atoms with Gasteiger partial charge in [-0.25, -0.2) is 8.42 Å². The molecule has 0 aliphatic carbocycles. The summed E-state index contributed by atoms with van der Waals surface area (Å²) in [5.74, 6) is -0.538. The molecule has 1 fully saturated rings. The average Bonchev–Trinajstić information content (AvgIpc) is 2.82. The van der Waals surface area contributed by atoms with Crippen LogP contribution in [0.4, 0.5) is 0 Å². The molecular formula is C12H18ClN3O4S. The van der Waals surface area contributed by atoms with E-state index in [1.165, 1.54) is 0 Å². The molecule has 118 valence electrons. The first-order valence-corrected chi connectivity index (χ1v) is 9.08. The largest absolute Gasteiger partial charge is 0.378 e. The van der Waals surface area contributed by atoms with Gasteiger partial charge in [0.25, 0.3) is 15.0 Å². The minimum absolute atomic E-state index is 0.0608. The van der Waals surface area contributed by atoms with Crippen molar-refractivity contribution in [1.82, 2.24) is 15.5 Å². The molecule has 2 unspecified atom stereocenters. The maximum atomic E-state index is 12.3. The van der Waals surface area contributed by atoms with Gasteiger partial charge in [0.15, 0.2) is 5.69 Å². The van der Waals surface area contributed by atoms with Gasteiger partial charge in [-0.15, -0.1) is 0 Å². The molecule has 1 saturated heterocycles. The van der Waals surface area contributed by atoms with E-state index in [4.69, 9.17) is 15.4 Å². The third-order valence-corrected chi connectivity index (χ3v) is 4.81. The van der Waals surface area contributed by atoms with Crippen LogP contribution in [-0.2, 0) is 20.2 Å². The van der Waals surface area contributed by atoms with Crippen LogP contribution < -0.4 is 5.32 Å². The fraction of sp³-hybridized carbons (Fsp3) is 0.667. The van der Waals surface area contributed by atoms with E-state index < -0.39 is 15.0 Å². The average molecular weight is 336 g/mol. The van der Waals surface area contributed by atoms with Crippen LogP contribution in [-0.4, -0.2) is 43.3 Å². The van der Waals surface area contributed by atoms with Crippen molar-refractivity contribution in [2.75, 3.05) is 6.61 Å². The van der Waals surface area contributed by atoms with Crippen LogP contribution in [0.15, 0.2) is 4.90 Å². The molecule has 21 heavy (non-hydrogen) atoms. The fourth-order valence-corrected chi connectivity index (χ4v) is 3.76. The quantitative estimate of drug-likeness (QED) is 0.805. The Bertz CT molecular complexity index is 628. The lowest BCUT2D eigenvalue weighted by molar-refractivity contribution is 0.0136. The Kier molecular flexibility index (Phi) is 4.90. The summed E-state index contributed by atoms with van der Waals surface area (Å²) < 4.78 is 28.7. The predicted molar refractivity (Wildman–Crippen MR) is 76.9 cm³/mol. The van der Waals surface area contributed by atoms with Gasteiger partial charge in [0.2, 0.25) is 0 Å². The van der Waals surface area contributed by atoms with Gasteiger partial charge in [0.05, 0.1) is 11.8 Å². The van der Waals surface area contributed by atoms with Gasteiger partial charge in [-0.3, -0.25) is 9.89 Å². The van der Waals surface area contributed by atoms with Crippen LogP contribution in [0, 0.1) is 0 Å². The summed E-state index contributed by atoms with van der Waals surface area (Å²) in [5, 5.41) is 9.16. The maximum Gasteiger partial charge on any atom is 0.273 e. The normalized spacial score (nSPS) is 23.0. The summed E-state index contributed by atoms with van der Waals surface area (Å²) in [4.78, 5) is 12.0. The van der Waals surface area contributed by atoms with Gasteiger partial charge in [-0.2, -0.15) is 5.10 Å². The highest BCUT2D eigenvalue weighted by Gasteiger charge is 2.30. The van der Waals surface area contributed by atoms with E-state index >= 15 is 0 Å². The number of nitrogens with one attached hydrogen (secondary N) is 2. The molecule has 9 heteroatoms. The van der Waals surface area contributed by atoms with Gasteiger partial charge in [-0.1, -0.05) is 6.92 Å². The van der Waals surface area contributed by atoms with Crippen molar-refractivity contribution >= 4 is 25.6 Å². The third-order valence-electron chi connectivity index (χ3n) is 3.42. The number of rotatable bonds is 4. The lowest BCUT2D eigenvalue weighted by Crippen LogP contribution is -2.41. The van der Waals surface area contributed by atoms with Crippen molar-refractivity contribution in [3.05, 3.63) is 11.4 Å². The van der Waals surface area contributed by atoms with E-state index in [0.717, 1.165) is 0 Å². The lowest BCUT2D eigenvalue weighted by Gasteiger charge is -2.27. The molecule has 2 rings (SSSR count). The third kappa shape index (κ3) is 3.75. The minimum atomic E-state index is -4.04. The van der Waals surface area contributed by atoms with Crippen LogP contribution in [0.1, 0.15) is 42.9 Å². The molecule has 1 aliphatic rings. The first kappa shape index (κ1) is 16.3. The topological polar surface area (TPSA) is 101 Å². The second kappa shape index (κ2) is 6.33. The number of H-pyrrole nitrogens is 1. The number of hydrogen-bond acceptors (Lipinski definition) is 5. The van der Waals surface area contributed by atoms with E-state index in [1.54, 1.807) is 6.92 Å². The minimum Gasteiger partial charge on any atom is -0.378 e. The van der Waals surface area contributed by atoms with E-state index in [0.29, 0.717) is 31.6 Å². The Morgan fingerprint density at radius 2 is 2.29 bits per heavy atom. The van der Waals surface area contributed by atoms with Crippen molar-refractivity contribution in [3.63, 3.8) is 0 Å². The van der Waals surface area contributed by atoms with Crippen molar-refractivity contribution < 1.29 is 17.9 Å². The zero-order valence-corrected chi connectivity index (χ0v) is 13.4. The van der Waals surface area contributed by atoms with E-state index in [-0.39, 0.29) is 22.7 Å². The first-order chi connectivity index (χ1) is 9.82. The van der Waals surface area contributed by atoms with Crippen LogP contribution in [0.3, 0.4) is 0 Å². The number of halogens is 1. The molecule has 0 aromatic carbocycles.